The first-order chi connectivity index (χ1) is 18.0. The van der Waals surface area contributed by atoms with E-state index in [0.717, 1.165) is 33.8 Å². The summed E-state index contributed by atoms with van der Waals surface area (Å²) in [5, 5.41) is 14.1. The summed E-state index contributed by atoms with van der Waals surface area (Å²) in [6, 6.07) is 24.6. The van der Waals surface area contributed by atoms with Crippen LogP contribution in [0, 0.1) is 6.92 Å². The van der Waals surface area contributed by atoms with Gasteiger partial charge in [0.15, 0.2) is 6.10 Å². The minimum Gasteiger partial charge on any atom is -0.457 e. The quantitative estimate of drug-likeness (QED) is 0.262. The maximum atomic E-state index is 12.0. The highest BCUT2D eigenvalue weighted by Gasteiger charge is 2.29. The van der Waals surface area contributed by atoms with E-state index in [0.29, 0.717) is 39.2 Å². The van der Waals surface area contributed by atoms with Gasteiger partial charge in [-0.05, 0) is 60.2 Å². The Bertz CT molecular complexity index is 1690. The van der Waals surface area contributed by atoms with Crippen molar-refractivity contribution in [2.75, 3.05) is 0 Å². The molecule has 0 radical (unpaired) electrons. The molecular weight excluding hydrogens is 488 g/mol. The fraction of sp³-hybridized carbons (Fsp3) is 0.0690. The van der Waals surface area contributed by atoms with Gasteiger partial charge in [0.25, 0.3) is 11.1 Å². The number of oxazole rings is 1. The van der Waals surface area contributed by atoms with Crippen molar-refractivity contribution in [1.29, 1.82) is 0 Å². The summed E-state index contributed by atoms with van der Waals surface area (Å²) in [7, 11) is 0. The zero-order valence-corrected chi connectivity index (χ0v) is 20.4. The normalized spacial score (nSPS) is 15.5. The Balaban J connectivity index is 1.48. The average Bonchev–Trinajstić information content (AvgIpc) is 3.58. The van der Waals surface area contributed by atoms with Crippen LogP contribution in [0.1, 0.15) is 28.9 Å². The van der Waals surface area contributed by atoms with Gasteiger partial charge in [-0.1, -0.05) is 54.6 Å². The number of furan rings is 1. The lowest BCUT2D eigenvalue weighted by Gasteiger charge is -2.09. The standard InChI is InChI=1S/C29H20N2O5S/c1-16-24(30-28(35-16)19-10-6-3-7-11-19)25(32)26-23(18-8-4-2-5-9-18)20-14-17(12-13-21(20)36-26)15-22-27(33)31-29(34)37-22/h2-15,25,32H,1H3,(H,31,33,34)/b22-15-. The van der Waals surface area contributed by atoms with E-state index in [-0.39, 0.29) is 0 Å². The minimum absolute atomic E-state index is 0.320. The molecule has 8 heteroatoms. The second kappa shape index (κ2) is 9.24. The van der Waals surface area contributed by atoms with Crippen molar-refractivity contribution in [3.8, 4) is 22.6 Å². The summed E-state index contributed by atoms with van der Waals surface area (Å²) in [5.41, 5.74) is 4.04. The van der Waals surface area contributed by atoms with E-state index in [1.165, 1.54) is 0 Å². The van der Waals surface area contributed by atoms with E-state index in [1.807, 2.05) is 66.7 Å². The lowest BCUT2D eigenvalue weighted by atomic mass is 9.97. The zero-order chi connectivity index (χ0) is 25.5. The Labute approximate surface area is 215 Å². The first-order valence-electron chi connectivity index (χ1n) is 11.6. The molecular formula is C29H20N2O5S. The number of aliphatic hydroxyl groups excluding tert-OH is 1. The van der Waals surface area contributed by atoms with Crippen LogP contribution in [0.2, 0.25) is 0 Å². The molecule has 7 nitrogen and oxygen atoms in total. The number of nitrogens with one attached hydrogen (secondary N) is 1. The van der Waals surface area contributed by atoms with Crippen LogP contribution in [0.4, 0.5) is 4.79 Å². The number of nitrogens with zero attached hydrogens (tertiary/aromatic N) is 1. The Morgan fingerprint density at radius 2 is 1.65 bits per heavy atom. The lowest BCUT2D eigenvalue weighted by molar-refractivity contribution is -0.115. The van der Waals surface area contributed by atoms with Crippen molar-refractivity contribution in [3.63, 3.8) is 0 Å². The largest absolute Gasteiger partial charge is 0.457 e. The molecule has 3 aromatic carbocycles. The zero-order valence-electron chi connectivity index (χ0n) is 19.6. The second-order valence-electron chi connectivity index (χ2n) is 8.54. The number of thioether (sulfide) groups is 1. The highest BCUT2D eigenvalue weighted by molar-refractivity contribution is 8.18. The molecule has 1 aliphatic heterocycles. The molecule has 37 heavy (non-hydrogen) atoms. The molecule has 182 valence electrons. The second-order valence-corrected chi connectivity index (χ2v) is 9.56. The third-order valence-electron chi connectivity index (χ3n) is 6.10. The van der Waals surface area contributed by atoms with Gasteiger partial charge in [0.2, 0.25) is 5.89 Å². The molecule has 2 aromatic heterocycles. The summed E-state index contributed by atoms with van der Waals surface area (Å²) >= 11 is 0.863. The molecule has 0 saturated carbocycles. The summed E-state index contributed by atoms with van der Waals surface area (Å²) in [6.07, 6.45) is 0.482. The highest BCUT2D eigenvalue weighted by Crippen LogP contribution is 2.41. The lowest BCUT2D eigenvalue weighted by Crippen LogP contribution is -2.17. The van der Waals surface area contributed by atoms with Gasteiger partial charge in [-0.2, -0.15) is 0 Å². The molecule has 6 rings (SSSR count). The molecule has 0 spiro atoms. The van der Waals surface area contributed by atoms with Gasteiger partial charge >= 0.3 is 0 Å². The number of carbonyl (C=O) groups is 2. The maximum Gasteiger partial charge on any atom is 0.290 e. The van der Waals surface area contributed by atoms with Crippen molar-refractivity contribution >= 4 is 40.0 Å². The number of amides is 2. The summed E-state index contributed by atoms with van der Waals surface area (Å²) < 4.78 is 12.1. The van der Waals surface area contributed by atoms with Crippen LogP contribution in [-0.2, 0) is 4.79 Å². The molecule has 1 fully saturated rings. The van der Waals surface area contributed by atoms with E-state index in [1.54, 1.807) is 25.1 Å². The summed E-state index contributed by atoms with van der Waals surface area (Å²) in [5.74, 6) is 0.827. The number of fused-ring (bicyclic) bond motifs is 1. The van der Waals surface area contributed by atoms with Gasteiger partial charge in [0, 0.05) is 16.5 Å². The fourth-order valence-electron chi connectivity index (χ4n) is 4.38. The number of carbonyl (C=O) groups excluding carboxylic acids is 2. The van der Waals surface area contributed by atoms with Crippen molar-refractivity contribution in [1.82, 2.24) is 10.3 Å². The van der Waals surface area contributed by atoms with E-state index in [9.17, 15) is 14.7 Å². The smallest absolute Gasteiger partial charge is 0.290 e. The third-order valence-corrected chi connectivity index (χ3v) is 6.91. The van der Waals surface area contributed by atoms with Gasteiger partial charge in [0.1, 0.15) is 22.8 Å². The molecule has 3 heterocycles. The maximum absolute atomic E-state index is 12.0. The van der Waals surface area contributed by atoms with E-state index in [4.69, 9.17) is 8.83 Å². The predicted octanol–water partition coefficient (Wildman–Crippen LogP) is 6.47. The Hall–Kier alpha value is -4.40. The van der Waals surface area contributed by atoms with Crippen LogP contribution in [0.15, 0.2) is 92.6 Å². The van der Waals surface area contributed by atoms with Crippen molar-refractivity contribution in [2.45, 2.75) is 13.0 Å². The minimum atomic E-state index is -1.18. The van der Waals surface area contributed by atoms with Gasteiger partial charge in [-0.15, -0.1) is 0 Å². The van der Waals surface area contributed by atoms with Gasteiger partial charge in [-0.25, -0.2) is 4.98 Å². The van der Waals surface area contributed by atoms with Crippen LogP contribution in [0.3, 0.4) is 0 Å². The third kappa shape index (κ3) is 4.26. The van der Waals surface area contributed by atoms with Crippen LogP contribution in [-0.4, -0.2) is 21.2 Å². The number of hydrogen-bond acceptors (Lipinski definition) is 7. The van der Waals surface area contributed by atoms with E-state index in [2.05, 4.69) is 10.3 Å². The Morgan fingerprint density at radius 1 is 0.946 bits per heavy atom. The number of hydrogen-bond donors (Lipinski definition) is 2. The number of aromatic nitrogens is 1. The molecule has 2 amide bonds. The monoisotopic (exact) mass is 508 g/mol. The van der Waals surface area contributed by atoms with Crippen LogP contribution >= 0.6 is 11.8 Å². The fourth-order valence-corrected chi connectivity index (χ4v) is 5.06. The molecule has 1 aliphatic rings. The molecule has 1 unspecified atom stereocenters. The van der Waals surface area contributed by atoms with Crippen LogP contribution in [0.25, 0.3) is 39.6 Å². The molecule has 1 saturated heterocycles. The van der Waals surface area contributed by atoms with Crippen molar-refractivity contribution < 1.29 is 23.5 Å². The first-order valence-corrected chi connectivity index (χ1v) is 12.4. The topological polar surface area (TPSA) is 106 Å². The van der Waals surface area contributed by atoms with Gasteiger partial charge in [0.05, 0.1) is 4.91 Å². The van der Waals surface area contributed by atoms with Gasteiger partial charge < -0.3 is 13.9 Å². The van der Waals surface area contributed by atoms with Crippen LogP contribution in [0.5, 0.6) is 0 Å². The first kappa shape index (κ1) is 23.0. The van der Waals surface area contributed by atoms with Crippen molar-refractivity contribution in [3.05, 3.63) is 107 Å². The molecule has 1 atom stereocenters. The van der Waals surface area contributed by atoms with Gasteiger partial charge in [-0.3, -0.25) is 14.9 Å². The Kier molecular flexibility index (Phi) is 5.75. The van der Waals surface area contributed by atoms with E-state index < -0.39 is 17.3 Å². The molecule has 0 aliphatic carbocycles. The molecule has 0 bridgehead atoms. The number of aliphatic hydroxyl groups is 1. The molecule has 5 aromatic rings. The number of aryl methyl sites for hydroxylation is 1. The predicted molar refractivity (Wildman–Crippen MR) is 141 cm³/mol. The van der Waals surface area contributed by atoms with Crippen LogP contribution < -0.4 is 5.32 Å². The molecule has 2 N–H and O–H groups in total. The van der Waals surface area contributed by atoms with E-state index >= 15 is 0 Å². The summed E-state index contributed by atoms with van der Waals surface area (Å²) in [6.45, 7) is 1.76. The average molecular weight is 509 g/mol. The number of rotatable bonds is 5. The highest BCUT2D eigenvalue weighted by atomic mass is 32.2. The SMILES string of the molecule is Cc1oc(-c2ccccc2)nc1C(O)c1oc2ccc(/C=C3\SC(=O)NC3=O)cc2c1-c1ccccc1. The number of imide groups is 1. The number of benzene rings is 3. The summed E-state index contributed by atoms with van der Waals surface area (Å²) in [4.78, 5) is 28.5. The Morgan fingerprint density at radius 3 is 2.32 bits per heavy atom. The van der Waals surface area contributed by atoms with Crippen molar-refractivity contribution in [2.24, 2.45) is 0 Å².